The highest BCUT2D eigenvalue weighted by atomic mass is 35.5. The number of aromatic carboxylic acids is 1. The SMILES string of the molecule is COC1CN(c2c(F)c(N)c3c(=O)c(C(=O)O)cn(C4CC4)c3c2F)CC1N.Cl. The molecule has 2 aliphatic rings. The van der Waals surface area contributed by atoms with Crippen molar-refractivity contribution >= 4 is 40.7 Å². The predicted octanol–water partition coefficient (Wildman–Crippen LogP) is 1.48. The molecule has 2 fully saturated rings. The van der Waals surface area contributed by atoms with Crippen LogP contribution in [0.15, 0.2) is 11.0 Å². The van der Waals surface area contributed by atoms with Gasteiger partial charge in [-0.25, -0.2) is 13.6 Å². The van der Waals surface area contributed by atoms with Gasteiger partial charge in [-0.2, -0.15) is 0 Å². The number of nitrogen functional groups attached to an aromatic ring is 1. The van der Waals surface area contributed by atoms with E-state index in [1.54, 1.807) is 0 Å². The van der Waals surface area contributed by atoms with Crippen molar-refractivity contribution in [3.63, 3.8) is 0 Å². The number of rotatable bonds is 4. The van der Waals surface area contributed by atoms with Crippen LogP contribution in [0, 0.1) is 11.6 Å². The second-order valence-corrected chi connectivity index (χ2v) is 7.27. The minimum atomic E-state index is -1.47. The quantitative estimate of drug-likeness (QED) is 0.627. The van der Waals surface area contributed by atoms with E-state index in [0.29, 0.717) is 12.8 Å². The van der Waals surface area contributed by atoms with E-state index in [4.69, 9.17) is 16.2 Å². The van der Waals surface area contributed by atoms with Crippen LogP contribution >= 0.6 is 12.4 Å². The van der Waals surface area contributed by atoms with Crippen molar-refractivity contribution in [2.24, 2.45) is 5.73 Å². The molecule has 0 radical (unpaired) electrons. The molecule has 1 aliphatic heterocycles. The van der Waals surface area contributed by atoms with E-state index in [0.717, 1.165) is 6.20 Å². The average molecular weight is 431 g/mol. The van der Waals surface area contributed by atoms with Crippen molar-refractivity contribution in [2.75, 3.05) is 30.8 Å². The lowest BCUT2D eigenvalue weighted by molar-refractivity contribution is 0.0695. The smallest absolute Gasteiger partial charge is 0.341 e. The molecule has 1 aliphatic carbocycles. The van der Waals surface area contributed by atoms with E-state index in [2.05, 4.69) is 0 Å². The molecule has 2 heterocycles. The van der Waals surface area contributed by atoms with Crippen LogP contribution in [0.3, 0.4) is 0 Å². The first-order valence-corrected chi connectivity index (χ1v) is 8.88. The molecule has 8 nitrogen and oxygen atoms in total. The molecular weight excluding hydrogens is 410 g/mol. The number of aromatic nitrogens is 1. The second kappa shape index (κ2) is 7.43. The number of hydrogen-bond donors (Lipinski definition) is 3. The number of benzene rings is 1. The van der Waals surface area contributed by atoms with E-state index in [1.165, 1.54) is 16.6 Å². The molecule has 1 aromatic heterocycles. The lowest BCUT2D eigenvalue weighted by Gasteiger charge is -2.23. The van der Waals surface area contributed by atoms with Gasteiger partial charge in [-0.3, -0.25) is 4.79 Å². The molecule has 0 spiro atoms. The lowest BCUT2D eigenvalue weighted by atomic mass is 10.1. The van der Waals surface area contributed by atoms with Gasteiger partial charge in [0.1, 0.15) is 11.3 Å². The lowest BCUT2D eigenvalue weighted by Crippen LogP contribution is -2.34. The van der Waals surface area contributed by atoms with E-state index >= 15 is 8.78 Å². The summed E-state index contributed by atoms with van der Waals surface area (Å²) in [5.74, 6) is -3.53. The van der Waals surface area contributed by atoms with Crippen molar-refractivity contribution in [1.29, 1.82) is 0 Å². The predicted molar refractivity (Wildman–Crippen MR) is 106 cm³/mol. The first-order chi connectivity index (χ1) is 13.3. The van der Waals surface area contributed by atoms with Gasteiger partial charge in [0.25, 0.3) is 0 Å². The molecule has 0 bridgehead atoms. The number of halogens is 3. The maximum atomic E-state index is 15.6. The van der Waals surface area contributed by atoms with Crippen LogP contribution in [0.25, 0.3) is 10.9 Å². The zero-order valence-electron chi connectivity index (χ0n) is 15.5. The number of methoxy groups -OCH3 is 1. The number of carboxylic acid groups (broad SMARTS) is 1. The third kappa shape index (κ3) is 3.21. The fraction of sp³-hybridized carbons (Fsp3) is 0.444. The topological polar surface area (TPSA) is 124 Å². The number of carboxylic acids is 1. The van der Waals surface area contributed by atoms with E-state index < -0.39 is 51.8 Å². The summed E-state index contributed by atoms with van der Waals surface area (Å²) in [5.41, 5.74) is 9.15. The second-order valence-electron chi connectivity index (χ2n) is 7.27. The molecule has 1 aromatic carbocycles. The van der Waals surface area contributed by atoms with Crippen LogP contribution in [0.1, 0.15) is 29.2 Å². The molecule has 5 N–H and O–H groups in total. The summed E-state index contributed by atoms with van der Waals surface area (Å²) < 4.78 is 37.3. The van der Waals surface area contributed by atoms with Gasteiger partial charge in [0, 0.05) is 32.4 Å². The Morgan fingerprint density at radius 3 is 2.45 bits per heavy atom. The highest BCUT2D eigenvalue weighted by molar-refractivity contribution is 5.99. The van der Waals surface area contributed by atoms with E-state index in [9.17, 15) is 14.7 Å². The number of pyridine rings is 1. The Kier molecular flexibility index (Phi) is 5.46. The molecule has 2 unspecified atom stereocenters. The number of nitrogens with zero attached hydrogens (tertiary/aromatic N) is 2. The summed E-state index contributed by atoms with van der Waals surface area (Å²) >= 11 is 0. The minimum absolute atomic E-state index is 0. The molecular formula is C18H21ClF2N4O4. The molecule has 11 heteroatoms. The summed E-state index contributed by atoms with van der Waals surface area (Å²) in [6.07, 6.45) is 2.10. The third-order valence-electron chi connectivity index (χ3n) is 5.46. The zero-order chi connectivity index (χ0) is 20.3. The Morgan fingerprint density at radius 1 is 1.28 bits per heavy atom. The molecule has 1 saturated heterocycles. The van der Waals surface area contributed by atoms with Gasteiger partial charge in [-0.15, -0.1) is 12.4 Å². The Labute approximate surface area is 170 Å². The highest BCUT2D eigenvalue weighted by Gasteiger charge is 2.37. The van der Waals surface area contributed by atoms with Gasteiger partial charge in [0.05, 0.1) is 28.7 Å². The Hall–Kier alpha value is -2.43. The fourth-order valence-corrected chi connectivity index (χ4v) is 3.85. The summed E-state index contributed by atoms with van der Waals surface area (Å²) in [4.78, 5) is 25.5. The number of carbonyl (C=O) groups is 1. The van der Waals surface area contributed by atoms with Crippen molar-refractivity contribution in [3.05, 3.63) is 33.6 Å². The van der Waals surface area contributed by atoms with Gasteiger partial charge in [-0.05, 0) is 12.8 Å². The fourth-order valence-electron chi connectivity index (χ4n) is 3.85. The molecule has 0 amide bonds. The van der Waals surface area contributed by atoms with E-state index in [-0.39, 0.29) is 42.7 Å². The number of ether oxygens (including phenoxy) is 1. The van der Waals surface area contributed by atoms with Gasteiger partial charge >= 0.3 is 5.97 Å². The monoisotopic (exact) mass is 430 g/mol. The first kappa shape index (κ1) is 21.3. The van der Waals surface area contributed by atoms with Gasteiger partial charge in [0.15, 0.2) is 11.6 Å². The standard InChI is InChI=1S/C18H20F2N4O4.ClH/c1-28-10-6-23(5-9(10)21)16-12(19)14(22)11-15(13(16)20)24(7-2-3-7)4-8(17(11)25)18(26)27;/h4,7,9-10H,2-3,5-6,21-22H2,1H3,(H,26,27);1H. The highest BCUT2D eigenvalue weighted by Crippen LogP contribution is 2.42. The zero-order valence-corrected chi connectivity index (χ0v) is 16.3. The number of fused-ring (bicyclic) bond motifs is 1. The maximum absolute atomic E-state index is 15.6. The summed E-state index contributed by atoms with van der Waals surface area (Å²) in [5, 5.41) is 8.87. The molecule has 158 valence electrons. The Morgan fingerprint density at radius 2 is 1.93 bits per heavy atom. The summed E-state index contributed by atoms with van der Waals surface area (Å²) in [6.45, 7) is 0.315. The van der Waals surface area contributed by atoms with Crippen molar-refractivity contribution < 1.29 is 23.4 Å². The molecule has 2 atom stereocenters. The van der Waals surface area contributed by atoms with Gasteiger partial charge in [0.2, 0.25) is 5.43 Å². The maximum Gasteiger partial charge on any atom is 0.341 e. The van der Waals surface area contributed by atoms with Gasteiger partial charge in [-0.1, -0.05) is 0 Å². The Balaban J connectivity index is 0.00000240. The van der Waals surface area contributed by atoms with Crippen molar-refractivity contribution in [3.8, 4) is 0 Å². The number of anilines is 2. The normalized spacial score (nSPS) is 21.4. The van der Waals surface area contributed by atoms with Crippen LogP contribution in [-0.2, 0) is 4.74 Å². The Bertz CT molecular complexity index is 1060. The molecule has 4 rings (SSSR count). The first-order valence-electron chi connectivity index (χ1n) is 8.88. The van der Waals surface area contributed by atoms with Crippen LogP contribution in [-0.4, -0.2) is 48.0 Å². The van der Waals surface area contributed by atoms with Crippen LogP contribution in [0.2, 0.25) is 0 Å². The van der Waals surface area contributed by atoms with Crippen LogP contribution in [0.5, 0.6) is 0 Å². The van der Waals surface area contributed by atoms with Crippen LogP contribution in [0.4, 0.5) is 20.2 Å². The summed E-state index contributed by atoms with van der Waals surface area (Å²) in [6, 6.07) is -0.610. The minimum Gasteiger partial charge on any atom is -0.477 e. The number of nitrogens with two attached hydrogens (primary N) is 2. The molecule has 2 aromatic rings. The number of hydrogen-bond acceptors (Lipinski definition) is 6. The van der Waals surface area contributed by atoms with E-state index in [1.807, 2.05) is 0 Å². The molecule has 29 heavy (non-hydrogen) atoms. The van der Waals surface area contributed by atoms with Gasteiger partial charge < -0.3 is 30.8 Å². The third-order valence-corrected chi connectivity index (χ3v) is 5.46. The summed E-state index contributed by atoms with van der Waals surface area (Å²) in [7, 11) is 1.47. The van der Waals surface area contributed by atoms with Crippen molar-refractivity contribution in [2.45, 2.75) is 31.0 Å². The molecule has 1 saturated carbocycles. The largest absolute Gasteiger partial charge is 0.477 e. The van der Waals surface area contributed by atoms with Crippen molar-refractivity contribution in [1.82, 2.24) is 4.57 Å². The average Bonchev–Trinajstić information content (AvgIpc) is 3.42. The van der Waals surface area contributed by atoms with Crippen LogP contribution < -0.4 is 21.8 Å².